The highest BCUT2D eigenvalue weighted by molar-refractivity contribution is 5.60. The lowest BCUT2D eigenvalue weighted by Crippen LogP contribution is -1.72. The predicted molar refractivity (Wildman–Crippen MR) is 107 cm³/mol. The van der Waals surface area contributed by atoms with Crippen LogP contribution in [-0.2, 0) is 0 Å². The van der Waals surface area contributed by atoms with Crippen LogP contribution in [-0.4, -0.2) is 0 Å². The van der Waals surface area contributed by atoms with Crippen molar-refractivity contribution in [2.24, 2.45) is 0 Å². The summed E-state index contributed by atoms with van der Waals surface area (Å²) < 4.78 is 0. The van der Waals surface area contributed by atoms with Crippen LogP contribution in [0.1, 0.15) is 53.2 Å². The van der Waals surface area contributed by atoms with Crippen molar-refractivity contribution < 1.29 is 0 Å². The van der Waals surface area contributed by atoms with Crippen molar-refractivity contribution in [3.63, 3.8) is 0 Å². The Bertz CT molecular complexity index is 452. The van der Waals surface area contributed by atoms with Crippen LogP contribution in [0, 0.1) is 0 Å². The Balaban J connectivity index is -0.000000259. The van der Waals surface area contributed by atoms with E-state index in [9.17, 15) is 0 Å². The third-order valence-electron chi connectivity index (χ3n) is 2.30. The molecule has 122 valence electrons. The van der Waals surface area contributed by atoms with Crippen molar-refractivity contribution in [3.8, 4) is 0 Å². The lowest BCUT2D eigenvalue weighted by Gasteiger charge is -1.94. The van der Waals surface area contributed by atoms with Gasteiger partial charge in [-0.15, -0.1) is 0 Å². The maximum atomic E-state index is 3.83. The number of hydrogen-bond acceptors (Lipinski definition) is 0. The fraction of sp³-hybridized carbons (Fsp3) is 0.273. The molecule has 2 aromatic carbocycles. The average Bonchev–Trinajstić information content (AvgIpc) is 2.60. The fourth-order valence-corrected chi connectivity index (χ4v) is 1.31. The van der Waals surface area contributed by atoms with Gasteiger partial charge in [0.25, 0.3) is 0 Å². The van der Waals surface area contributed by atoms with Crippen molar-refractivity contribution in [2.45, 2.75) is 42.0 Å². The maximum Gasteiger partial charge on any atom is -0.0233 e. The highest BCUT2D eigenvalue weighted by atomic mass is 13.9. The first kappa shape index (κ1) is 24.9. The first-order valence-corrected chi connectivity index (χ1v) is 7.62. The second-order valence-corrected chi connectivity index (χ2v) is 3.76. The molecule has 0 saturated heterocycles. The number of benzene rings is 2. The first-order chi connectivity index (χ1) is 10.2. The second-order valence-electron chi connectivity index (χ2n) is 3.76. The van der Waals surface area contributed by atoms with Gasteiger partial charge in [0, 0.05) is 0 Å². The van der Waals surface area contributed by atoms with Crippen LogP contribution in [0.15, 0.2) is 73.8 Å². The Morgan fingerprint density at radius 1 is 0.773 bits per heavy atom. The van der Waals surface area contributed by atoms with E-state index in [1.165, 1.54) is 11.1 Å². The monoisotopic (exact) mass is 298 g/mol. The molecule has 0 nitrogen and oxygen atoms in total. The van der Waals surface area contributed by atoms with Gasteiger partial charge in [0.05, 0.1) is 0 Å². The van der Waals surface area contributed by atoms with Crippen LogP contribution >= 0.6 is 0 Å². The summed E-state index contributed by atoms with van der Waals surface area (Å²) >= 11 is 0. The van der Waals surface area contributed by atoms with Crippen molar-refractivity contribution in [1.29, 1.82) is 0 Å². The quantitative estimate of drug-likeness (QED) is 0.532. The molecule has 0 amide bonds. The first-order valence-electron chi connectivity index (χ1n) is 7.62. The van der Waals surface area contributed by atoms with Gasteiger partial charge in [-0.25, -0.2) is 0 Å². The Kier molecular flexibility index (Phi) is 21.4. The van der Waals surface area contributed by atoms with Crippen LogP contribution < -0.4 is 0 Å². The van der Waals surface area contributed by atoms with Gasteiger partial charge in [0.2, 0.25) is 0 Å². The molecule has 0 aliphatic heterocycles. The summed E-state index contributed by atoms with van der Waals surface area (Å²) in [4.78, 5) is 0. The molecule has 2 rings (SSSR count). The molecule has 0 unspecified atom stereocenters. The zero-order valence-corrected chi connectivity index (χ0v) is 14.3. The minimum absolute atomic E-state index is 0. The molecule has 22 heavy (non-hydrogen) atoms. The van der Waals surface area contributed by atoms with E-state index < -0.39 is 0 Å². The van der Waals surface area contributed by atoms with Crippen molar-refractivity contribution in [2.75, 3.05) is 0 Å². The minimum atomic E-state index is 0. The van der Waals surface area contributed by atoms with E-state index in [2.05, 4.69) is 25.3 Å². The van der Waals surface area contributed by atoms with E-state index >= 15 is 0 Å². The number of rotatable bonds is 2. The standard InChI is InChI=1S/C9H10.C8H8.2C2H6.CH4/c1-8(2)9-6-4-3-5-7-9;1-2-8-6-4-3-5-7-8;2*1-2;/h3-7H,1H2,2H3;2-7H,1H2;2*1-2H3;1H4. The zero-order valence-electron chi connectivity index (χ0n) is 14.3. The van der Waals surface area contributed by atoms with Crippen LogP contribution in [0.3, 0.4) is 0 Å². The smallest absolute Gasteiger partial charge is 0.0233 e. The third-order valence-corrected chi connectivity index (χ3v) is 2.30. The Hall–Kier alpha value is -2.08. The molecule has 0 heterocycles. The van der Waals surface area contributed by atoms with E-state index in [1.54, 1.807) is 0 Å². The fourth-order valence-electron chi connectivity index (χ4n) is 1.31. The molecule has 0 radical (unpaired) electrons. The van der Waals surface area contributed by atoms with Gasteiger partial charge < -0.3 is 0 Å². The van der Waals surface area contributed by atoms with Crippen molar-refractivity contribution >= 4 is 11.6 Å². The molecule has 0 spiro atoms. The molecule has 0 aliphatic carbocycles. The molecule has 2 aromatic rings. The van der Waals surface area contributed by atoms with Crippen LogP contribution in [0.5, 0.6) is 0 Å². The molecule has 0 saturated carbocycles. The average molecular weight is 299 g/mol. The van der Waals surface area contributed by atoms with Gasteiger partial charge in [0.15, 0.2) is 0 Å². The van der Waals surface area contributed by atoms with Crippen molar-refractivity contribution in [3.05, 3.63) is 84.9 Å². The highest BCUT2D eigenvalue weighted by Gasteiger charge is 1.86. The molecule has 0 fully saturated rings. The van der Waals surface area contributed by atoms with Crippen LogP contribution in [0.4, 0.5) is 0 Å². The van der Waals surface area contributed by atoms with Gasteiger partial charge in [-0.1, -0.05) is 121 Å². The Morgan fingerprint density at radius 3 is 1.36 bits per heavy atom. The van der Waals surface area contributed by atoms with Gasteiger partial charge >= 0.3 is 0 Å². The van der Waals surface area contributed by atoms with Crippen molar-refractivity contribution in [1.82, 2.24) is 0 Å². The normalized spacial score (nSPS) is 7.32. The molecular formula is C22H34. The topological polar surface area (TPSA) is 0 Å². The molecule has 0 aromatic heterocycles. The molecule has 0 N–H and O–H groups in total. The lowest BCUT2D eigenvalue weighted by atomic mass is 10.1. The van der Waals surface area contributed by atoms with Gasteiger partial charge in [-0.2, -0.15) is 0 Å². The summed E-state index contributed by atoms with van der Waals surface area (Å²) in [6, 6.07) is 20.2. The largest absolute Gasteiger partial charge is 0.0985 e. The van der Waals surface area contributed by atoms with Crippen LogP contribution in [0.2, 0.25) is 0 Å². The lowest BCUT2D eigenvalue weighted by molar-refractivity contribution is 1.50. The summed E-state index contributed by atoms with van der Waals surface area (Å²) in [6.45, 7) is 17.5. The number of allylic oxidation sites excluding steroid dienone is 1. The third kappa shape index (κ3) is 12.9. The van der Waals surface area contributed by atoms with Crippen LogP contribution in [0.25, 0.3) is 11.6 Å². The van der Waals surface area contributed by atoms with Gasteiger partial charge in [-0.05, 0) is 18.1 Å². The molecular weight excluding hydrogens is 264 g/mol. The number of hydrogen-bond donors (Lipinski definition) is 0. The van der Waals surface area contributed by atoms with Gasteiger partial charge in [0.1, 0.15) is 0 Å². The summed E-state index contributed by atoms with van der Waals surface area (Å²) in [5, 5.41) is 0. The highest BCUT2D eigenvalue weighted by Crippen LogP contribution is 2.08. The Morgan fingerprint density at radius 2 is 1.14 bits per heavy atom. The summed E-state index contributed by atoms with van der Waals surface area (Å²) in [5.74, 6) is 0. The Labute approximate surface area is 139 Å². The molecule has 0 heteroatoms. The summed E-state index contributed by atoms with van der Waals surface area (Å²) in [7, 11) is 0. The van der Waals surface area contributed by atoms with E-state index in [4.69, 9.17) is 0 Å². The molecule has 0 bridgehead atoms. The summed E-state index contributed by atoms with van der Waals surface area (Å²) in [6.07, 6.45) is 1.83. The predicted octanol–water partition coefficient (Wildman–Crippen LogP) is 7.74. The SMILES string of the molecule is C.C=C(C)c1ccccc1.C=Cc1ccccc1.CC.CC. The van der Waals surface area contributed by atoms with E-state index in [1.807, 2.05) is 89.2 Å². The van der Waals surface area contributed by atoms with E-state index in [-0.39, 0.29) is 7.43 Å². The second kappa shape index (κ2) is 18.9. The molecule has 0 aliphatic rings. The maximum absolute atomic E-state index is 3.83. The zero-order chi connectivity index (χ0) is 16.5. The summed E-state index contributed by atoms with van der Waals surface area (Å²) in [5.41, 5.74) is 3.51. The van der Waals surface area contributed by atoms with E-state index in [0.717, 1.165) is 5.57 Å². The van der Waals surface area contributed by atoms with Gasteiger partial charge in [-0.3, -0.25) is 0 Å². The molecule has 0 atom stereocenters. The van der Waals surface area contributed by atoms with E-state index in [0.29, 0.717) is 0 Å². The minimum Gasteiger partial charge on any atom is -0.0985 e.